The average molecular weight is 264 g/mol. The second-order valence-electron chi connectivity index (χ2n) is 3.82. The van der Waals surface area contributed by atoms with Crippen molar-refractivity contribution in [3.8, 4) is 0 Å². The third-order valence-corrected chi connectivity index (χ3v) is 2.36. The number of carbonyl (C=O) groups is 1. The van der Waals surface area contributed by atoms with Crippen LogP contribution in [0.1, 0.15) is 12.0 Å². The number of hydrogen-bond donors (Lipinski definition) is 1. The van der Waals surface area contributed by atoms with E-state index in [-0.39, 0.29) is 11.6 Å². The predicted octanol–water partition coefficient (Wildman–Crippen LogP) is 1.76. The van der Waals surface area contributed by atoms with Gasteiger partial charge in [-0.1, -0.05) is 0 Å². The van der Waals surface area contributed by atoms with Crippen LogP contribution in [0.25, 0.3) is 6.08 Å². The smallest absolute Gasteiger partial charge is 0.269 e. The van der Waals surface area contributed by atoms with Gasteiger partial charge in [0.05, 0.1) is 4.92 Å². The maximum absolute atomic E-state index is 11.4. The maximum atomic E-state index is 11.4. The van der Waals surface area contributed by atoms with E-state index >= 15 is 0 Å². The summed E-state index contributed by atoms with van der Waals surface area (Å²) in [6, 6.07) is 5.98. The monoisotopic (exact) mass is 264 g/mol. The van der Waals surface area contributed by atoms with Gasteiger partial charge >= 0.3 is 0 Å². The second-order valence-corrected chi connectivity index (χ2v) is 3.82. The summed E-state index contributed by atoms with van der Waals surface area (Å²) in [7, 11) is 1.61. The quantitative estimate of drug-likeness (QED) is 0.352. The molecule has 0 aliphatic heterocycles. The van der Waals surface area contributed by atoms with Gasteiger partial charge in [0.25, 0.3) is 5.69 Å². The molecule has 0 saturated carbocycles. The lowest BCUT2D eigenvalue weighted by Crippen LogP contribution is -2.22. The van der Waals surface area contributed by atoms with Gasteiger partial charge in [0, 0.05) is 38.5 Å². The first-order valence-corrected chi connectivity index (χ1v) is 5.83. The summed E-state index contributed by atoms with van der Waals surface area (Å²) in [6.45, 7) is 1.16. The van der Waals surface area contributed by atoms with Crippen LogP contribution in [0.15, 0.2) is 30.3 Å². The van der Waals surface area contributed by atoms with Crippen LogP contribution >= 0.6 is 0 Å². The van der Waals surface area contributed by atoms with Gasteiger partial charge in [-0.05, 0) is 30.2 Å². The SMILES string of the molecule is COCCCNC(=O)/C=C/c1ccc([N+](=O)[O-])cc1. The summed E-state index contributed by atoms with van der Waals surface area (Å²) >= 11 is 0. The molecule has 0 aromatic heterocycles. The first-order valence-electron chi connectivity index (χ1n) is 5.83. The fourth-order valence-electron chi connectivity index (χ4n) is 1.37. The molecule has 0 unspecified atom stereocenters. The Kier molecular flexibility index (Phi) is 6.25. The Bertz CT molecular complexity index is 454. The van der Waals surface area contributed by atoms with Gasteiger partial charge in [0.15, 0.2) is 0 Å². The fourth-order valence-corrected chi connectivity index (χ4v) is 1.37. The Morgan fingerprint density at radius 2 is 2.11 bits per heavy atom. The molecule has 1 amide bonds. The number of ether oxygens (including phenoxy) is 1. The highest BCUT2D eigenvalue weighted by Crippen LogP contribution is 2.12. The van der Waals surface area contributed by atoms with E-state index < -0.39 is 4.92 Å². The maximum Gasteiger partial charge on any atom is 0.269 e. The Morgan fingerprint density at radius 1 is 1.42 bits per heavy atom. The van der Waals surface area contributed by atoms with Crippen LogP contribution < -0.4 is 5.32 Å². The molecule has 0 aliphatic carbocycles. The van der Waals surface area contributed by atoms with E-state index in [4.69, 9.17) is 4.74 Å². The van der Waals surface area contributed by atoms with Crippen LogP contribution in [0.4, 0.5) is 5.69 Å². The summed E-state index contributed by atoms with van der Waals surface area (Å²) in [6.07, 6.45) is 3.76. The Morgan fingerprint density at radius 3 is 2.68 bits per heavy atom. The Balaban J connectivity index is 2.43. The van der Waals surface area contributed by atoms with Crippen molar-refractivity contribution in [2.45, 2.75) is 6.42 Å². The topological polar surface area (TPSA) is 81.5 Å². The lowest BCUT2D eigenvalue weighted by atomic mass is 10.2. The Labute approximate surface area is 111 Å². The summed E-state index contributed by atoms with van der Waals surface area (Å²) in [5.74, 6) is -0.200. The van der Waals surface area contributed by atoms with Gasteiger partial charge in [0.1, 0.15) is 0 Å². The summed E-state index contributed by atoms with van der Waals surface area (Å²) in [5.41, 5.74) is 0.763. The molecule has 0 atom stereocenters. The number of hydrogen-bond acceptors (Lipinski definition) is 4. The highest BCUT2D eigenvalue weighted by molar-refractivity contribution is 5.91. The van der Waals surface area contributed by atoms with Gasteiger partial charge < -0.3 is 10.1 Å². The van der Waals surface area contributed by atoms with Crippen LogP contribution in [-0.4, -0.2) is 31.1 Å². The first kappa shape index (κ1) is 14.8. The van der Waals surface area contributed by atoms with Gasteiger partial charge in [-0.15, -0.1) is 0 Å². The van der Waals surface area contributed by atoms with Crippen molar-refractivity contribution in [1.82, 2.24) is 5.32 Å². The second kappa shape index (κ2) is 7.99. The molecule has 102 valence electrons. The zero-order chi connectivity index (χ0) is 14.1. The van der Waals surface area contributed by atoms with Crippen LogP contribution in [0, 0.1) is 10.1 Å². The molecule has 0 saturated heterocycles. The minimum atomic E-state index is -0.462. The fraction of sp³-hybridized carbons (Fsp3) is 0.308. The number of non-ortho nitro benzene ring substituents is 1. The minimum absolute atomic E-state index is 0.0289. The Hall–Kier alpha value is -2.21. The molecule has 1 aromatic carbocycles. The lowest BCUT2D eigenvalue weighted by Gasteiger charge is -2.00. The summed E-state index contributed by atoms with van der Waals surface area (Å²) < 4.78 is 4.86. The first-order chi connectivity index (χ1) is 9.13. The van der Waals surface area contributed by atoms with E-state index in [1.165, 1.54) is 18.2 Å². The molecule has 0 spiro atoms. The standard InChI is InChI=1S/C13H16N2O4/c1-19-10-2-9-14-13(16)8-5-11-3-6-12(7-4-11)15(17)18/h3-8H,2,9-10H2,1H3,(H,14,16)/b8-5+. The normalized spacial score (nSPS) is 10.6. The molecule has 1 rings (SSSR count). The lowest BCUT2D eigenvalue weighted by molar-refractivity contribution is -0.384. The third-order valence-electron chi connectivity index (χ3n) is 2.36. The zero-order valence-corrected chi connectivity index (χ0v) is 10.7. The van der Waals surface area contributed by atoms with E-state index in [0.29, 0.717) is 13.2 Å². The molecule has 0 bridgehead atoms. The van der Waals surface area contributed by atoms with Gasteiger partial charge in [0.2, 0.25) is 5.91 Å². The number of nitro benzene ring substituents is 1. The molecule has 6 heteroatoms. The number of carbonyl (C=O) groups excluding carboxylic acids is 1. The van der Waals surface area contributed by atoms with E-state index in [1.54, 1.807) is 25.3 Å². The van der Waals surface area contributed by atoms with Crippen molar-refractivity contribution >= 4 is 17.7 Å². The van der Waals surface area contributed by atoms with Gasteiger partial charge in [-0.2, -0.15) is 0 Å². The van der Waals surface area contributed by atoms with E-state index in [2.05, 4.69) is 5.32 Å². The molecular weight excluding hydrogens is 248 g/mol. The molecule has 1 N–H and O–H groups in total. The van der Waals surface area contributed by atoms with Crippen molar-refractivity contribution in [2.24, 2.45) is 0 Å². The van der Waals surface area contributed by atoms with Crippen molar-refractivity contribution in [2.75, 3.05) is 20.3 Å². The molecule has 19 heavy (non-hydrogen) atoms. The zero-order valence-electron chi connectivity index (χ0n) is 10.7. The predicted molar refractivity (Wildman–Crippen MR) is 71.6 cm³/mol. The largest absolute Gasteiger partial charge is 0.385 e. The van der Waals surface area contributed by atoms with E-state index in [0.717, 1.165) is 12.0 Å². The number of nitrogens with one attached hydrogen (secondary N) is 1. The summed E-state index contributed by atoms with van der Waals surface area (Å²) in [4.78, 5) is 21.4. The van der Waals surface area contributed by atoms with Crippen molar-refractivity contribution in [3.05, 3.63) is 46.0 Å². The van der Waals surface area contributed by atoms with Crippen LogP contribution in [0.5, 0.6) is 0 Å². The molecule has 0 fully saturated rings. The van der Waals surface area contributed by atoms with Gasteiger partial charge in [-0.25, -0.2) is 0 Å². The van der Waals surface area contributed by atoms with Crippen LogP contribution in [-0.2, 0) is 9.53 Å². The molecule has 6 nitrogen and oxygen atoms in total. The number of rotatable bonds is 7. The van der Waals surface area contributed by atoms with E-state index in [9.17, 15) is 14.9 Å². The third kappa shape index (κ3) is 5.78. The number of nitrogens with zero attached hydrogens (tertiary/aromatic N) is 1. The van der Waals surface area contributed by atoms with Crippen LogP contribution in [0.2, 0.25) is 0 Å². The van der Waals surface area contributed by atoms with Crippen molar-refractivity contribution in [3.63, 3.8) is 0 Å². The number of benzene rings is 1. The van der Waals surface area contributed by atoms with E-state index in [1.807, 2.05) is 0 Å². The highest BCUT2D eigenvalue weighted by atomic mass is 16.6. The molecule has 1 aromatic rings. The number of methoxy groups -OCH3 is 1. The number of nitro groups is 1. The van der Waals surface area contributed by atoms with Crippen LogP contribution in [0.3, 0.4) is 0 Å². The average Bonchev–Trinajstić information content (AvgIpc) is 2.42. The molecule has 0 radical (unpaired) electrons. The summed E-state index contributed by atoms with van der Waals surface area (Å²) in [5, 5.41) is 13.2. The molecular formula is C13H16N2O4. The molecule has 0 heterocycles. The molecule has 0 aliphatic rings. The minimum Gasteiger partial charge on any atom is -0.385 e. The number of amides is 1. The van der Waals surface area contributed by atoms with Crippen molar-refractivity contribution in [1.29, 1.82) is 0 Å². The van der Waals surface area contributed by atoms with Crippen molar-refractivity contribution < 1.29 is 14.5 Å². The highest BCUT2D eigenvalue weighted by Gasteiger charge is 2.02. The van der Waals surface area contributed by atoms with Gasteiger partial charge in [-0.3, -0.25) is 14.9 Å².